The average Bonchev–Trinajstić information content (AvgIpc) is 3.14. The first-order valence-electron chi connectivity index (χ1n) is 7.88. The minimum Gasteiger partial charge on any atom is -0.312 e. The zero-order chi connectivity index (χ0) is 14.1. The van der Waals surface area contributed by atoms with Crippen LogP contribution in [0.2, 0.25) is 0 Å². The highest BCUT2D eigenvalue weighted by molar-refractivity contribution is 9.10. The summed E-state index contributed by atoms with van der Waals surface area (Å²) < 4.78 is 3.27. The van der Waals surface area contributed by atoms with Crippen molar-refractivity contribution in [1.82, 2.24) is 20.0 Å². The first-order chi connectivity index (χ1) is 9.70. The fraction of sp³-hybridized carbons (Fsp3) is 0.800. The molecule has 0 spiro atoms. The predicted molar refractivity (Wildman–Crippen MR) is 84.7 cm³/mol. The third-order valence-electron chi connectivity index (χ3n) is 4.83. The molecule has 2 atom stereocenters. The van der Waals surface area contributed by atoms with E-state index >= 15 is 0 Å². The van der Waals surface area contributed by atoms with Crippen LogP contribution in [0.1, 0.15) is 44.0 Å². The molecule has 3 rings (SSSR count). The van der Waals surface area contributed by atoms with Gasteiger partial charge in [0.05, 0.1) is 15.9 Å². The molecule has 2 fully saturated rings. The molecule has 3 heterocycles. The van der Waals surface area contributed by atoms with Gasteiger partial charge in [-0.05, 0) is 61.1 Å². The van der Waals surface area contributed by atoms with Crippen LogP contribution in [0.15, 0.2) is 4.47 Å². The van der Waals surface area contributed by atoms with E-state index < -0.39 is 0 Å². The van der Waals surface area contributed by atoms with E-state index in [1.54, 1.807) is 0 Å². The molecule has 0 bridgehead atoms. The lowest BCUT2D eigenvalue weighted by atomic mass is 10.0. The summed E-state index contributed by atoms with van der Waals surface area (Å²) in [5.74, 6) is 0. The molecule has 1 N–H and O–H groups in total. The summed E-state index contributed by atoms with van der Waals surface area (Å²) in [5, 5.41) is 8.30. The normalized spacial score (nSPS) is 27.6. The van der Waals surface area contributed by atoms with E-state index in [4.69, 9.17) is 0 Å². The summed E-state index contributed by atoms with van der Waals surface area (Å²) in [6.45, 7) is 5.61. The van der Waals surface area contributed by atoms with Gasteiger partial charge in [-0.25, -0.2) is 0 Å². The van der Waals surface area contributed by atoms with Crippen LogP contribution in [0.4, 0.5) is 0 Å². The van der Waals surface area contributed by atoms with E-state index in [-0.39, 0.29) is 0 Å². The van der Waals surface area contributed by atoms with E-state index in [2.05, 4.69) is 49.9 Å². The van der Waals surface area contributed by atoms with Crippen molar-refractivity contribution >= 4 is 15.9 Å². The molecule has 4 nitrogen and oxygen atoms in total. The number of nitrogens with one attached hydrogen (secondary N) is 1. The molecule has 20 heavy (non-hydrogen) atoms. The topological polar surface area (TPSA) is 33.1 Å². The van der Waals surface area contributed by atoms with Crippen LogP contribution in [-0.4, -0.2) is 39.9 Å². The Morgan fingerprint density at radius 2 is 2.20 bits per heavy atom. The predicted octanol–water partition coefficient (Wildman–Crippen LogP) is 2.46. The van der Waals surface area contributed by atoms with Gasteiger partial charge in [-0.2, -0.15) is 5.10 Å². The Hall–Kier alpha value is -0.390. The van der Waals surface area contributed by atoms with Gasteiger partial charge in [-0.1, -0.05) is 6.92 Å². The standard InChI is InChI=1S/C15H25BrN4/c1-3-11-15(16)14(19(2)18-11)10-20-9-5-7-13(20)12-6-4-8-17-12/h12-13,17H,3-10H2,1-2H3. The third-order valence-corrected chi connectivity index (χ3v) is 5.75. The number of hydrogen-bond acceptors (Lipinski definition) is 3. The Labute approximate surface area is 130 Å². The van der Waals surface area contributed by atoms with Crippen LogP contribution < -0.4 is 5.32 Å². The Balaban J connectivity index is 1.74. The van der Waals surface area contributed by atoms with E-state index in [0.717, 1.165) is 13.0 Å². The molecule has 0 aromatic carbocycles. The molecule has 0 amide bonds. The number of rotatable bonds is 4. The molecular formula is C15H25BrN4. The Morgan fingerprint density at radius 1 is 1.35 bits per heavy atom. The number of likely N-dealkylation sites (tertiary alicyclic amines) is 1. The average molecular weight is 341 g/mol. The van der Waals surface area contributed by atoms with Crippen molar-refractivity contribution in [2.75, 3.05) is 13.1 Å². The van der Waals surface area contributed by atoms with Crippen molar-refractivity contribution in [3.8, 4) is 0 Å². The van der Waals surface area contributed by atoms with E-state index in [0.29, 0.717) is 12.1 Å². The molecule has 112 valence electrons. The van der Waals surface area contributed by atoms with Gasteiger partial charge in [-0.3, -0.25) is 9.58 Å². The van der Waals surface area contributed by atoms with Crippen molar-refractivity contribution in [2.45, 2.75) is 57.7 Å². The fourth-order valence-electron chi connectivity index (χ4n) is 3.73. The van der Waals surface area contributed by atoms with Gasteiger partial charge in [-0.15, -0.1) is 0 Å². The highest BCUT2D eigenvalue weighted by Gasteiger charge is 2.33. The zero-order valence-corrected chi connectivity index (χ0v) is 14.1. The Bertz CT molecular complexity index is 465. The maximum Gasteiger partial charge on any atom is 0.0767 e. The maximum absolute atomic E-state index is 4.62. The van der Waals surface area contributed by atoms with Crippen LogP contribution >= 0.6 is 15.9 Å². The Morgan fingerprint density at radius 3 is 2.85 bits per heavy atom. The highest BCUT2D eigenvalue weighted by Crippen LogP contribution is 2.29. The third kappa shape index (κ3) is 2.68. The zero-order valence-electron chi connectivity index (χ0n) is 12.5. The second kappa shape index (κ2) is 6.16. The smallest absolute Gasteiger partial charge is 0.0767 e. The number of hydrogen-bond donors (Lipinski definition) is 1. The minimum absolute atomic E-state index is 0.704. The molecule has 2 aliphatic heterocycles. The van der Waals surface area contributed by atoms with Crippen molar-refractivity contribution < 1.29 is 0 Å². The van der Waals surface area contributed by atoms with Gasteiger partial charge in [0, 0.05) is 25.7 Å². The molecule has 2 unspecified atom stereocenters. The summed E-state index contributed by atoms with van der Waals surface area (Å²) in [4.78, 5) is 2.66. The van der Waals surface area contributed by atoms with Gasteiger partial charge >= 0.3 is 0 Å². The lowest BCUT2D eigenvalue weighted by Crippen LogP contribution is -2.43. The van der Waals surface area contributed by atoms with Crippen LogP contribution in [-0.2, 0) is 20.0 Å². The second-order valence-corrected chi connectivity index (χ2v) is 6.86. The molecule has 1 aromatic rings. The first kappa shape index (κ1) is 14.5. The van der Waals surface area contributed by atoms with Crippen LogP contribution in [0.3, 0.4) is 0 Å². The summed E-state index contributed by atoms with van der Waals surface area (Å²) in [6, 6.07) is 1.42. The summed E-state index contributed by atoms with van der Waals surface area (Å²) >= 11 is 3.75. The number of nitrogens with zero attached hydrogens (tertiary/aromatic N) is 3. The molecular weight excluding hydrogens is 316 g/mol. The van der Waals surface area contributed by atoms with E-state index in [9.17, 15) is 0 Å². The Kier molecular flexibility index (Phi) is 4.48. The van der Waals surface area contributed by atoms with E-state index in [1.807, 2.05) is 0 Å². The van der Waals surface area contributed by atoms with Gasteiger partial charge in [0.1, 0.15) is 0 Å². The van der Waals surface area contributed by atoms with E-state index in [1.165, 1.54) is 54.6 Å². The number of aryl methyl sites for hydroxylation is 2. The summed E-state index contributed by atoms with van der Waals surface area (Å²) in [7, 11) is 2.07. The van der Waals surface area contributed by atoms with Crippen molar-refractivity contribution in [3.05, 3.63) is 15.9 Å². The summed E-state index contributed by atoms with van der Waals surface area (Å²) in [5.41, 5.74) is 2.50. The highest BCUT2D eigenvalue weighted by atomic mass is 79.9. The number of halogens is 1. The monoisotopic (exact) mass is 340 g/mol. The van der Waals surface area contributed by atoms with Crippen LogP contribution in [0, 0.1) is 0 Å². The summed E-state index contributed by atoms with van der Waals surface area (Å²) in [6.07, 6.45) is 6.34. The van der Waals surface area contributed by atoms with Crippen molar-refractivity contribution in [1.29, 1.82) is 0 Å². The lowest BCUT2D eigenvalue weighted by molar-refractivity contribution is 0.201. The largest absolute Gasteiger partial charge is 0.312 e. The molecule has 0 radical (unpaired) electrons. The molecule has 2 aliphatic rings. The SMILES string of the molecule is CCc1nn(C)c(CN2CCCC2C2CCCN2)c1Br. The van der Waals surface area contributed by atoms with Crippen molar-refractivity contribution in [2.24, 2.45) is 7.05 Å². The second-order valence-electron chi connectivity index (χ2n) is 6.07. The van der Waals surface area contributed by atoms with Gasteiger partial charge in [0.15, 0.2) is 0 Å². The minimum atomic E-state index is 0.704. The number of aromatic nitrogens is 2. The van der Waals surface area contributed by atoms with Crippen LogP contribution in [0.5, 0.6) is 0 Å². The van der Waals surface area contributed by atoms with Gasteiger partial charge in [0.2, 0.25) is 0 Å². The molecule has 5 heteroatoms. The fourth-order valence-corrected chi connectivity index (χ4v) is 4.47. The molecule has 2 saturated heterocycles. The van der Waals surface area contributed by atoms with Crippen LogP contribution in [0.25, 0.3) is 0 Å². The van der Waals surface area contributed by atoms with Crippen molar-refractivity contribution in [3.63, 3.8) is 0 Å². The maximum atomic E-state index is 4.62. The van der Waals surface area contributed by atoms with Gasteiger partial charge in [0.25, 0.3) is 0 Å². The molecule has 0 aliphatic carbocycles. The lowest BCUT2D eigenvalue weighted by Gasteiger charge is -2.29. The molecule has 1 aromatic heterocycles. The first-order valence-corrected chi connectivity index (χ1v) is 8.67. The molecule has 0 saturated carbocycles. The quantitative estimate of drug-likeness (QED) is 0.913. The van der Waals surface area contributed by atoms with Gasteiger partial charge < -0.3 is 5.32 Å².